The number of hydrogen-bond acceptors (Lipinski definition) is 2. The van der Waals surface area contributed by atoms with Crippen LogP contribution in [0.2, 0.25) is 0 Å². The highest BCUT2D eigenvalue weighted by Crippen LogP contribution is 2.30. The largest absolute Gasteiger partial charge is 0.508 e. The van der Waals surface area contributed by atoms with Crippen LogP contribution in [0.4, 0.5) is 0 Å². The van der Waals surface area contributed by atoms with Crippen LogP contribution in [0, 0.1) is 6.92 Å². The lowest BCUT2D eigenvalue weighted by atomic mass is 10.1. The van der Waals surface area contributed by atoms with Crippen LogP contribution < -0.4 is 0 Å². The molecule has 0 bridgehead atoms. The molecule has 0 saturated heterocycles. The van der Waals surface area contributed by atoms with E-state index in [1.807, 2.05) is 47.1 Å². The van der Waals surface area contributed by atoms with Crippen LogP contribution in [-0.2, 0) is 0 Å². The molecule has 0 atom stereocenters. The zero-order valence-corrected chi connectivity index (χ0v) is 13.9. The zero-order valence-electron chi connectivity index (χ0n) is 13.9. The van der Waals surface area contributed by atoms with E-state index in [9.17, 15) is 5.11 Å². The van der Waals surface area contributed by atoms with Crippen LogP contribution >= 0.6 is 0 Å². The minimum absolute atomic E-state index is 0.239. The second-order valence-electron chi connectivity index (χ2n) is 6.08. The molecule has 0 spiro atoms. The van der Waals surface area contributed by atoms with E-state index in [0.717, 1.165) is 28.2 Å². The first kappa shape index (κ1) is 15.2. The molecule has 4 aromatic rings. The molecule has 1 N–H and O–H groups in total. The maximum Gasteiger partial charge on any atom is 0.116 e. The van der Waals surface area contributed by atoms with Crippen LogP contribution in [0.3, 0.4) is 0 Å². The summed E-state index contributed by atoms with van der Waals surface area (Å²) in [5.41, 5.74) is 6.07. The molecular formula is C22H18N2O. The van der Waals surface area contributed by atoms with Gasteiger partial charge in [-0.2, -0.15) is 5.10 Å². The fourth-order valence-corrected chi connectivity index (χ4v) is 2.88. The zero-order chi connectivity index (χ0) is 17.2. The average Bonchev–Trinajstić information content (AvgIpc) is 3.08. The van der Waals surface area contributed by atoms with E-state index < -0.39 is 0 Å². The van der Waals surface area contributed by atoms with Crippen LogP contribution in [-0.4, -0.2) is 14.9 Å². The molecule has 3 aromatic carbocycles. The first-order chi connectivity index (χ1) is 12.2. The summed E-state index contributed by atoms with van der Waals surface area (Å²) in [7, 11) is 0. The average molecular weight is 326 g/mol. The fraction of sp³-hybridized carbons (Fsp3) is 0.0455. The molecule has 1 heterocycles. The molecule has 0 aliphatic heterocycles. The maximum atomic E-state index is 9.78. The number of aryl methyl sites for hydroxylation is 1. The van der Waals surface area contributed by atoms with Crippen LogP contribution in [0.5, 0.6) is 5.75 Å². The Bertz CT molecular complexity index is 1000. The highest BCUT2D eigenvalue weighted by atomic mass is 16.3. The van der Waals surface area contributed by atoms with Gasteiger partial charge in [-0.05, 0) is 37.3 Å². The predicted octanol–water partition coefficient (Wildman–Crippen LogP) is 5.22. The fourth-order valence-electron chi connectivity index (χ4n) is 2.88. The molecule has 3 nitrogen and oxygen atoms in total. The van der Waals surface area contributed by atoms with Gasteiger partial charge >= 0.3 is 0 Å². The van der Waals surface area contributed by atoms with Gasteiger partial charge in [-0.1, -0.05) is 60.2 Å². The minimum Gasteiger partial charge on any atom is -0.508 e. The standard InChI is InChI=1S/C22H18N2O/c1-16-10-12-17(13-11-16)22-15-21(18-6-5-9-20(25)14-18)23-24(22)19-7-3-2-4-8-19/h2-15,25H,1H3. The van der Waals surface area contributed by atoms with Crippen LogP contribution in [0.25, 0.3) is 28.2 Å². The van der Waals surface area contributed by atoms with E-state index in [0.29, 0.717) is 0 Å². The molecule has 0 aliphatic rings. The predicted molar refractivity (Wildman–Crippen MR) is 101 cm³/mol. The van der Waals surface area contributed by atoms with Gasteiger partial charge in [0, 0.05) is 11.1 Å². The summed E-state index contributed by atoms with van der Waals surface area (Å²) in [6.07, 6.45) is 0. The van der Waals surface area contributed by atoms with Crippen molar-refractivity contribution in [2.45, 2.75) is 6.92 Å². The molecular weight excluding hydrogens is 308 g/mol. The van der Waals surface area contributed by atoms with Gasteiger partial charge in [0.2, 0.25) is 0 Å². The summed E-state index contributed by atoms with van der Waals surface area (Å²) in [4.78, 5) is 0. The van der Waals surface area contributed by atoms with Crippen molar-refractivity contribution >= 4 is 0 Å². The molecule has 122 valence electrons. The maximum absolute atomic E-state index is 9.78. The third-order valence-electron chi connectivity index (χ3n) is 4.20. The van der Waals surface area contributed by atoms with Crippen molar-refractivity contribution in [3.8, 4) is 34.0 Å². The monoisotopic (exact) mass is 326 g/mol. The van der Waals surface area contributed by atoms with Crippen molar-refractivity contribution in [3.05, 3.63) is 90.5 Å². The lowest BCUT2D eigenvalue weighted by Gasteiger charge is -2.07. The van der Waals surface area contributed by atoms with E-state index in [-0.39, 0.29) is 5.75 Å². The number of para-hydroxylation sites is 1. The number of phenolic OH excluding ortho intramolecular Hbond substituents is 1. The first-order valence-corrected chi connectivity index (χ1v) is 8.23. The van der Waals surface area contributed by atoms with Gasteiger partial charge in [0.25, 0.3) is 0 Å². The van der Waals surface area contributed by atoms with Crippen molar-refractivity contribution in [1.29, 1.82) is 0 Å². The molecule has 0 aliphatic carbocycles. The third-order valence-corrected chi connectivity index (χ3v) is 4.20. The van der Waals surface area contributed by atoms with Gasteiger partial charge in [0.1, 0.15) is 5.75 Å². The van der Waals surface area contributed by atoms with E-state index in [4.69, 9.17) is 5.10 Å². The molecule has 25 heavy (non-hydrogen) atoms. The number of aromatic hydroxyl groups is 1. The lowest BCUT2D eigenvalue weighted by molar-refractivity contribution is 0.475. The van der Waals surface area contributed by atoms with Gasteiger partial charge in [0.05, 0.1) is 17.1 Å². The van der Waals surface area contributed by atoms with Gasteiger partial charge in [-0.15, -0.1) is 0 Å². The minimum atomic E-state index is 0.239. The number of nitrogens with zero attached hydrogens (tertiary/aromatic N) is 2. The lowest BCUT2D eigenvalue weighted by Crippen LogP contribution is -1.98. The van der Waals surface area contributed by atoms with Crippen molar-refractivity contribution in [2.24, 2.45) is 0 Å². The highest BCUT2D eigenvalue weighted by Gasteiger charge is 2.13. The molecule has 4 rings (SSSR count). The van der Waals surface area contributed by atoms with E-state index in [1.54, 1.807) is 12.1 Å². The van der Waals surface area contributed by atoms with Crippen molar-refractivity contribution in [1.82, 2.24) is 9.78 Å². The number of aromatic nitrogens is 2. The number of rotatable bonds is 3. The van der Waals surface area contributed by atoms with Gasteiger partial charge in [0.15, 0.2) is 0 Å². The Hall–Kier alpha value is -3.33. The van der Waals surface area contributed by atoms with Gasteiger partial charge < -0.3 is 5.11 Å². The van der Waals surface area contributed by atoms with Crippen molar-refractivity contribution in [2.75, 3.05) is 0 Å². The summed E-state index contributed by atoms with van der Waals surface area (Å²) in [5.74, 6) is 0.239. The van der Waals surface area contributed by atoms with Crippen LogP contribution in [0.1, 0.15) is 5.56 Å². The second-order valence-corrected chi connectivity index (χ2v) is 6.08. The SMILES string of the molecule is Cc1ccc(-c2cc(-c3cccc(O)c3)nn2-c2ccccc2)cc1. The van der Waals surface area contributed by atoms with Crippen molar-refractivity contribution in [3.63, 3.8) is 0 Å². The first-order valence-electron chi connectivity index (χ1n) is 8.23. The third kappa shape index (κ3) is 3.04. The van der Waals surface area contributed by atoms with Gasteiger partial charge in [-0.25, -0.2) is 4.68 Å². The van der Waals surface area contributed by atoms with Gasteiger partial charge in [-0.3, -0.25) is 0 Å². The number of phenols is 1. The Morgan fingerprint density at radius 3 is 2.24 bits per heavy atom. The topological polar surface area (TPSA) is 38.1 Å². The van der Waals surface area contributed by atoms with E-state index in [2.05, 4.69) is 37.3 Å². The Labute approximate surface area is 146 Å². The quantitative estimate of drug-likeness (QED) is 0.560. The summed E-state index contributed by atoms with van der Waals surface area (Å²) in [6, 6.07) is 27.7. The number of hydrogen-bond donors (Lipinski definition) is 1. The Kier molecular flexibility index (Phi) is 3.82. The molecule has 0 unspecified atom stereocenters. The summed E-state index contributed by atoms with van der Waals surface area (Å²) in [5, 5.41) is 14.6. The summed E-state index contributed by atoms with van der Waals surface area (Å²) < 4.78 is 1.95. The summed E-state index contributed by atoms with van der Waals surface area (Å²) >= 11 is 0. The molecule has 0 radical (unpaired) electrons. The Balaban J connectivity index is 1.90. The Morgan fingerprint density at radius 1 is 0.760 bits per heavy atom. The smallest absolute Gasteiger partial charge is 0.116 e. The normalized spacial score (nSPS) is 10.8. The highest BCUT2D eigenvalue weighted by molar-refractivity contribution is 5.71. The molecule has 0 amide bonds. The van der Waals surface area contributed by atoms with Crippen LogP contribution in [0.15, 0.2) is 84.9 Å². The summed E-state index contributed by atoms with van der Waals surface area (Å²) in [6.45, 7) is 2.08. The molecule has 0 saturated carbocycles. The van der Waals surface area contributed by atoms with E-state index in [1.165, 1.54) is 5.56 Å². The second kappa shape index (κ2) is 6.29. The van der Waals surface area contributed by atoms with E-state index >= 15 is 0 Å². The molecule has 0 fully saturated rings. The Morgan fingerprint density at radius 2 is 1.52 bits per heavy atom. The molecule has 3 heteroatoms. The number of benzene rings is 3. The molecule has 1 aromatic heterocycles. The van der Waals surface area contributed by atoms with Crippen molar-refractivity contribution < 1.29 is 5.11 Å².